The number of nitrogens with one attached hydrogen (secondary N) is 1. The Morgan fingerprint density at radius 2 is 2.20 bits per heavy atom. The van der Waals surface area contributed by atoms with Gasteiger partial charge in [-0.2, -0.15) is 0 Å². The van der Waals surface area contributed by atoms with Crippen LogP contribution in [0.2, 0.25) is 0 Å². The summed E-state index contributed by atoms with van der Waals surface area (Å²) in [6.45, 7) is 9.54. The lowest BCUT2D eigenvalue weighted by molar-refractivity contribution is -0.116. The lowest BCUT2D eigenvalue weighted by Crippen LogP contribution is -2.27. The van der Waals surface area contributed by atoms with Gasteiger partial charge < -0.3 is 16.0 Å². The van der Waals surface area contributed by atoms with Crippen molar-refractivity contribution in [2.45, 2.75) is 33.6 Å². The Kier molecular flexibility index (Phi) is 4.33. The molecule has 0 radical (unpaired) electrons. The van der Waals surface area contributed by atoms with Crippen LogP contribution in [-0.2, 0) is 4.79 Å². The predicted octanol–water partition coefficient (Wildman–Crippen LogP) is 2.64. The van der Waals surface area contributed by atoms with Crippen LogP contribution >= 0.6 is 0 Å². The number of benzene rings is 1. The van der Waals surface area contributed by atoms with Crippen molar-refractivity contribution >= 4 is 17.3 Å². The monoisotopic (exact) mass is 275 g/mol. The molecule has 1 aliphatic heterocycles. The van der Waals surface area contributed by atoms with Crippen LogP contribution in [0.3, 0.4) is 0 Å². The van der Waals surface area contributed by atoms with Crippen molar-refractivity contribution in [3.63, 3.8) is 0 Å². The number of anilines is 2. The number of amides is 1. The van der Waals surface area contributed by atoms with Gasteiger partial charge in [0.2, 0.25) is 5.91 Å². The molecule has 1 aromatic rings. The molecule has 1 fully saturated rings. The van der Waals surface area contributed by atoms with E-state index >= 15 is 0 Å². The summed E-state index contributed by atoms with van der Waals surface area (Å²) in [5.41, 5.74) is 8.66. The van der Waals surface area contributed by atoms with Gasteiger partial charge in [0.05, 0.1) is 0 Å². The topological polar surface area (TPSA) is 58.4 Å². The number of aryl methyl sites for hydroxylation is 1. The molecule has 1 amide bonds. The van der Waals surface area contributed by atoms with Crippen LogP contribution in [0.25, 0.3) is 0 Å². The third-order valence-corrected chi connectivity index (χ3v) is 3.95. The Bertz CT molecular complexity index is 496. The normalized spacial score (nSPS) is 18.1. The summed E-state index contributed by atoms with van der Waals surface area (Å²) < 4.78 is 0. The lowest BCUT2D eigenvalue weighted by Gasteiger charge is -2.19. The van der Waals surface area contributed by atoms with Gasteiger partial charge in [-0.3, -0.25) is 4.79 Å². The van der Waals surface area contributed by atoms with Crippen molar-refractivity contribution in [1.29, 1.82) is 0 Å². The highest BCUT2D eigenvalue weighted by Gasteiger charge is 2.28. The average Bonchev–Trinajstić information content (AvgIpc) is 2.71. The number of carbonyl (C=O) groups is 1. The number of nitrogens with zero attached hydrogens (tertiary/aromatic N) is 1. The third-order valence-electron chi connectivity index (χ3n) is 3.95. The summed E-state index contributed by atoms with van der Waals surface area (Å²) in [5, 5.41) is 2.95. The molecule has 1 aromatic carbocycles. The standard InChI is InChI=1S/C16H25N3O/c1-12-4-5-13(17)10-14(12)18-15(20)6-8-19-9-7-16(2,3)11-19/h4-5,10H,6-9,11,17H2,1-3H3,(H,18,20). The van der Waals surface area contributed by atoms with Gasteiger partial charge in [0, 0.05) is 30.9 Å². The number of hydrogen-bond donors (Lipinski definition) is 2. The van der Waals surface area contributed by atoms with Gasteiger partial charge in [-0.25, -0.2) is 0 Å². The highest BCUT2D eigenvalue weighted by Crippen LogP contribution is 2.28. The number of carbonyl (C=O) groups excluding carboxylic acids is 1. The summed E-state index contributed by atoms with van der Waals surface area (Å²) in [7, 11) is 0. The average molecular weight is 275 g/mol. The number of likely N-dealkylation sites (tertiary alicyclic amines) is 1. The van der Waals surface area contributed by atoms with Crippen LogP contribution in [0, 0.1) is 12.3 Å². The smallest absolute Gasteiger partial charge is 0.225 e. The zero-order chi connectivity index (χ0) is 14.8. The zero-order valence-electron chi connectivity index (χ0n) is 12.7. The fourth-order valence-corrected chi connectivity index (χ4v) is 2.66. The number of hydrogen-bond acceptors (Lipinski definition) is 3. The van der Waals surface area contributed by atoms with Gasteiger partial charge >= 0.3 is 0 Å². The molecule has 0 aromatic heterocycles. The van der Waals surface area contributed by atoms with E-state index in [1.165, 1.54) is 6.42 Å². The SMILES string of the molecule is Cc1ccc(N)cc1NC(=O)CCN1CCC(C)(C)C1. The van der Waals surface area contributed by atoms with E-state index in [0.717, 1.165) is 30.9 Å². The number of rotatable bonds is 4. The van der Waals surface area contributed by atoms with Crippen LogP contribution in [0.5, 0.6) is 0 Å². The van der Waals surface area contributed by atoms with Crippen LogP contribution in [-0.4, -0.2) is 30.4 Å². The van der Waals surface area contributed by atoms with E-state index in [-0.39, 0.29) is 5.91 Å². The fourth-order valence-electron chi connectivity index (χ4n) is 2.66. The van der Waals surface area contributed by atoms with Crippen LogP contribution in [0.1, 0.15) is 32.3 Å². The molecule has 0 aliphatic carbocycles. The molecule has 0 saturated carbocycles. The van der Waals surface area contributed by atoms with Crippen LogP contribution < -0.4 is 11.1 Å². The zero-order valence-corrected chi connectivity index (χ0v) is 12.7. The molecule has 0 bridgehead atoms. The van der Waals surface area contributed by atoms with Gasteiger partial charge in [-0.05, 0) is 43.0 Å². The largest absolute Gasteiger partial charge is 0.399 e. The Morgan fingerprint density at radius 3 is 2.85 bits per heavy atom. The maximum Gasteiger partial charge on any atom is 0.225 e. The molecular formula is C16H25N3O. The van der Waals surface area contributed by atoms with Crippen LogP contribution in [0.4, 0.5) is 11.4 Å². The Hall–Kier alpha value is -1.55. The Morgan fingerprint density at radius 1 is 1.45 bits per heavy atom. The van der Waals surface area contributed by atoms with Crippen molar-refractivity contribution in [1.82, 2.24) is 4.90 Å². The summed E-state index contributed by atoms with van der Waals surface area (Å²) in [5.74, 6) is 0.0587. The first-order valence-electron chi connectivity index (χ1n) is 7.24. The molecule has 0 atom stereocenters. The molecule has 110 valence electrons. The Balaban J connectivity index is 1.83. The van der Waals surface area contributed by atoms with Gasteiger partial charge in [0.25, 0.3) is 0 Å². The molecule has 3 N–H and O–H groups in total. The van der Waals surface area contributed by atoms with Gasteiger partial charge in [-0.1, -0.05) is 19.9 Å². The van der Waals surface area contributed by atoms with Crippen molar-refractivity contribution in [3.8, 4) is 0 Å². The maximum atomic E-state index is 12.0. The molecule has 4 nitrogen and oxygen atoms in total. The quantitative estimate of drug-likeness (QED) is 0.831. The molecule has 1 aliphatic rings. The summed E-state index contributed by atoms with van der Waals surface area (Å²) >= 11 is 0. The molecule has 1 saturated heterocycles. The van der Waals surface area contributed by atoms with E-state index in [1.54, 1.807) is 0 Å². The molecule has 1 heterocycles. The second-order valence-electron chi connectivity index (χ2n) is 6.56. The van der Waals surface area contributed by atoms with E-state index in [4.69, 9.17) is 5.73 Å². The van der Waals surface area contributed by atoms with E-state index in [0.29, 0.717) is 17.5 Å². The second kappa shape index (κ2) is 5.83. The number of nitrogens with two attached hydrogens (primary N) is 1. The van der Waals surface area contributed by atoms with E-state index in [9.17, 15) is 4.79 Å². The number of nitrogen functional groups attached to an aromatic ring is 1. The van der Waals surface area contributed by atoms with Crippen molar-refractivity contribution in [3.05, 3.63) is 23.8 Å². The second-order valence-corrected chi connectivity index (χ2v) is 6.56. The first kappa shape index (κ1) is 14.9. The first-order chi connectivity index (χ1) is 9.35. The molecular weight excluding hydrogens is 250 g/mol. The predicted molar refractivity (Wildman–Crippen MR) is 83.7 cm³/mol. The van der Waals surface area contributed by atoms with Crippen molar-refractivity contribution in [2.75, 3.05) is 30.7 Å². The minimum Gasteiger partial charge on any atom is -0.399 e. The van der Waals surface area contributed by atoms with Gasteiger partial charge in [-0.15, -0.1) is 0 Å². The minimum atomic E-state index is 0.0587. The molecule has 20 heavy (non-hydrogen) atoms. The summed E-state index contributed by atoms with van der Waals surface area (Å²) in [6.07, 6.45) is 1.74. The fraction of sp³-hybridized carbons (Fsp3) is 0.562. The van der Waals surface area contributed by atoms with E-state index in [2.05, 4.69) is 24.1 Å². The third kappa shape index (κ3) is 3.97. The highest BCUT2D eigenvalue weighted by molar-refractivity contribution is 5.92. The van der Waals surface area contributed by atoms with Gasteiger partial charge in [0.1, 0.15) is 0 Å². The summed E-state index contributed by atoms with van der Waals surface area (Å²) in [4.78, 5) is 14.4. The van der Waals surface area contributed by atoms with Crippen LogP contribution in [0.15, 0.2) is 18.2 Å². The lowest BCUT2D eigenvalue weighted by atomic mass is 9.93. The molecule has 4 heteroatoms. The first-order valence-corrected chi connectivity index (χ1v) is 7.24. The molecule has 0 spiro atoms. The van der Waals surface area contributed by atoms with E-state index < -0.39 is 0 Å². The molecule has 0 unspecified atom stereocenters. The summed E-state index contributed by atoms with van der Waals surface area (Å²) in [6, 6.07) is 5.58. The highest BCUT2D eigenvalue weighted by atomic mass is 16.1. The van der Waals surface area contributed by atoms with Gasteiger partial charge in [0.15, 0.2) is 0 Å². The minimum absolute atomic E-state index is 0.0587. The van der Waals surface area contributed by atoms with Crippen molar-refractivity contribution < 1.29 is 4.79 Å². The van der Waals surface area contributed by atoms with Crippen molar-refractivity contribution in [2.24, 2.45) is 5.41 Å². The molecule has 2 rings (SSSR count). The van der Waals surface area contributed by atoms with E-state index in [1.807, 2.05) is 25.1 Å². The maximum absolute atomic E-state index is 12.0. The Labute approximate surface area is 121 Å².